The number of benzene rings is 1. The molecule has 0 aliphatic carbocycles. The molecule has 1 aliphatic heterocycles. The van der Waals surface area contributed by atoms with Crippen molar-refractivity contribution in [2.45, 2.75) is 6.54 Å². The van der Waals surface area contributed by atoms with Crippen LogP contribution >= 0.6 is 0 Å². The van der Waals surface area contributed by atoms with Crippen LogP contribution in [-0.4, -0.2) is 60.2 Å². The standard InChI is InChI=1S/C12H18BFN2O2/c1-15-4-6-16(7-5-15)9-10-2-3-11(13(17)18)8-12(10)14/h2-3,8,17-18H,4-7,9H2,1H3. The molecule has 2 rings (SSSR count). The maximum atomic E-state index is 13.8. The fourth-order valence-corrected chi connectivity index (χ4v) is 2.10. The molecule has 98 valence electrons. The van der Waals surface area contributed by atoms with Gasteiger partial charge in [0.1, 0.15) is 5.82 Å². The molecule has 0 amide bonds. The summed E-state index contributed by atoms with van der Waals surface area (Å²) in [5.74, 6) is -0.375. The summed E-state index contributed by atoms with van der Waals surface area (Å²) in [5.41, 5.74) is 0.790. The number of hydrogen-bond donors (Lipinski definition) is 2. The summed E-state index contributed by atoms with van der Waals surface area (Å²) in [6.45, 7) is 4.42. The lowest BCUT2D eigenvalue weighted by Gasteiger charge is -2.32. The van der Waals surface area contributed by atoms with Gasteiger partial charge in [-0.3, -0.25) is 4.90 Å². The molecule has 0 radical (unpaired) electrons. The summed E-state index contributed by atoms with van der Waals surface area (Å²) in [7, 11) is 0.465. The minimum absolute atomic E-state index is 0.189. The summed E-state index contributed by atoms with van der Waals surface area (Å²) >= 11 is 0. The van der Waals surface area contributed by atoms with Crippen molar-refractivity contribution in [3.63, 3.8) is 0 Å². The highest BCUT2D eigenvalue weighted by atomic mass is 19.1. The number of nitrogens with zero attached hydrogens (tertiary/aromatic N) is 2. The summed E-state index contributed by atoms with van der Waals surface area (Å²) in [6, 6.07) is 4.37. The van der Waals surface area contributed by atoms with Crippen molar-refractivity contribution in [2.24, 2.45) is 0 Å². The SMILES string of the molecule is CN1CCN(Cc2ccc(B(O)O)cc2F)CC1. The molecule has 1 fully saturated rings. The van der Waals surface area contributed by atoms with Crippen molar-refractivity contribution >= 4 is 12.6 Å². The van der Waals surface area contributed by atoms with E-state index in [1.807, 2.05) is 0 Å². The third kappa shape index (κ3) is 3.29. The fourth-order valence-electron chi connectivity index (χ4n) is 2.10. The molecule has 0 aromatic heterocycles. The summed E-state index contributed by atoms with van der Waals surface area (Å²) in [4.78, 5) is 4.45. The van der Waals surface area contributed by atoms with Gasteiger partial charge < -0.3 is 14.9 Å². The lowest BCUT2D eigenvalue weighted by atomic mass is 9.80. The first-order valence-corrected chi connectivity index (χ1v) is 6.11. The monoisotopic (exact) mass is 252 g/mol. The second-order valence-corrected chi connectivity index (χ2v) is 4.80. The van der Waals surface area contributed by atoms with Gasteiger partial charge in [-0.05, 0) is 18.6 Å². The second kappa shape index (κ2) is 5.80. The van der Waals surface area contributed by atoms with Crippen LogP contribution in [-0.2, 0) is 6.54 Å². The van der Waals surface area contributed by atoms with Crippen molar-refractivity contribution in [3.8, 4) is 0 Å². The predicted molar refractivity (Wildman–Crippen MR) is 69.0 cm³/mol. The van der Waals surface area contributed by atoms with E-state index in [2.05, 4.69) is 16.8 Å². The molecular weight excluding hydrogens is 234 g/mol. The van der Waals surface area contributed by atoms with Gasteiger partial charge in [-0.15, -0.1) is 0 Å². The molecule has 18 heavy (non-hydrogen) atoms. The van der Waals surface area contributed by atoms with Crippen LogP contribution in [0.4, 0.5) is 4.39 Å². The van der Waals surface area contributed by atoms with Crippen LogP contribution in [0.25, 0.3) is 0 Å². The molecule has 4 nitrogen and oxygen atoms in total. The molecule has 0 saturated carbocycles. The van der Waals surface area contributed by atoms with Crippen LogP contribution < -0.4 is 5.46 Å². The molecule has 1 saturated heterocycles. The average Bonchev–Trinajstić information content (AvgIpc) is 2.34. The van der Waals surface area contributed by atoms with Crippen LogP contribution in [0.15, 0.2) is 18.2 Å². The Kier molecular flexibility index (Phi) is 4.34. The molecule has 1 aliphatic rings. The van der Waals surface area contributed by atoms with Gasteiger partial charge in [-0.25, -0.2) is 4.39 Å². The van der Waals surface area contributed by atoms with E-state index in [4.69, 9.17) is 10.0 Å². The van der Waals surface area contributed by atoms with E-state index in [9.17, 15) is 4.39 Å². The van der Waals surface area contributed by atoms with Crippen LogP contribution in [0.3, 0.4) is 0 Å². The lowest BCUT2D eigenvalue weighted by Crippen LogP contribution is -2.44. The smallest absolute Gasteiger partial charge is 0.423 e. The van der Waals surface area contributed by atoms with Crippen molar-refractivity contribution in [3.05, 3.63) is 29.6 Å². The van der Waals surface area contributed by atoms with Crippen LogP contribution in [0.1, 0.15) is 5.56 Å². The summed E-state index contributed by atoms with van der Waals surface area (Å²) in [5, 5.41) is 17.9. The van der Waals surface area contributed by atoms with Gasteiger partial charge in [-0.1, -0.05) is 12.1 Å². The Morgan fingerprint density at radius 3 is 2.44 bits per heavy atom. The number of rotatable bonds is 3. The van der Waals surface area contributed by atoms with Gasteiger partial charge >= 0.3 is 7.12 Å². The quantitative estimate of drug-likeness (QED) is 0.695. The predicted octanol–water partition coefficient (Wildman–Crippen LogP) is -0.747. The van der Waals surface area contributed by atoms with Crippen LogP contribution in [0.5, 0.6) is 0 Å². The first kappa shape index (κ1) is 13.5. The van der Waals surface area contributed by atoms with Gasteiger partial charge in [0, 0.05) is 38.3 Å². The molecule has 1 aromatic carbocycles. The van der Waals surface area contributed by atoms with Crippen LogP contribution in [0, 0.1) is 5.82 Å². The van der Waals surface area contributed by atoms with E-state index in [0.717, 1.165) is 26.2 Å². The Morgan fingerprint density at radius 1 is 1.22 bits per heavy atom. The second-order valence-electron chi connectivity index (χ2n) is 4.80. The molecule has 2 N–H and O–H groups in total. The number of likely N-dealkylation sites (N-methyl/N-ethyl adjacent to an activating group) is 1. The Hall–Kier alpha value is -0.945. The lowest BCUT2D eigenvalue weighted by molar-refractivity contribution is 0.147. The molecule has 6 heteroatoms. The Labute approximate surface area is 107 Å². The normalized spacial score (nSPS) is 18.0. The third-order valence-corrected chi connectivity index (χ3v) is 3.37. The van der Waals surface area contributed by atoms with Crippen molar-refractivity contribution in [1.29, 1.82) is 0 Å². The van der Waals surface area contributed by atoms with Gasteiger partial charge in [0.05, 0.1) is 0 Å². The highest BCUT2D eigenvalue weighted by Crippen LogP contribution is 2.11. The highest BCUT2D eigenvalue weighted by molar-refractivity contribution is 6.58. The van der Waals surface area contributed by atoms with Gasteiger partial charge in [-0.2, -0.15) is 0 Å². The minimum Gasteiger partial charge on any atom is -0.423 e. The first-order valence-electron chi connectivity index (χ1n) is 6.11. The zero-order valence-corrected chi connectivity index (χ0v) is 10.5. The maximum absolute atomic E-state index is 13.8. The molecule has 0 spiro atoms. The third-order valence-electron chi connectivity index (χ3n) is 3.37. The first-order chi connectivity index (χ1) is 8.56. The molecule has 0 bridgehead atoms. The topological polar surface area (TPSA) is 46.9 Å². The van der Waals surface area contributed by atoms with Gasteiger partial charge in [0.15, 0.2) is 0 Å². The van der Waals surface area contributed by atoms with Crippen molar-refractivity contribution in [1.82, 2.24) is 9.80 Å². The Morgan fingerprint density at radius 2 is 1.89 bits per heavy atom. The van der Waals surface area contributed by atoms with E-state index < -0.39 is 7.12 Å². The van der Waals surface area contributed by atoms with E-state index in [1.165, 1.54) is 6.07 Å². The number of piperazine rings is 1. The van der Waals surface area contributed by atoms with Crippen molar-refractivity contribution in [2.75, 3.05) is 33.2 Å². The minimum atomic E-state index is -1.61. The summed E-state index contributed by atoms with van der Waals surface area (Å²) in [6.07, 6.45) is 0. The highest BCUT2D eigenvalue weighted by Gasteiger charge is 2.17. The van der Waals surface area contributed by atoms with Gasteiger partial charge in [0.2, 0.25) is 0 Å². The fraction of sp³-hybridized carbons (Fsp3) is 0.500. The van der Waals surface area contributed by atoms with E-state index in [0.29, 0.717) is 12.1 Å². The van der Waals surface area contributed by atoms with Crippen molar-refractivity contribution < 1.29 is 14.4 Å². The largest absolute Gasteiger partial charge is 0.488 e. The molecule has 0 unspecified atom stereocenters. The van der Waals surface area contributed by atoms with Gasteiger partial charge in [0.25, 0.3) is 0 Å². The average molecular weight is 252 g/mol. The Bertz CT molecular complexity index is 409. The van der Waals surface area contributed by atoms with E-state index >= 15 is 0 Å². The maximum Gasteiger partial charge on any atom is 0.488 e. The molecule has 1 heterocycles. The Balaban J connectivity index is 2.01. The molecule has 1 aromatic rings. The van der Waals surface area contributed by atoms with E-state index in [-0.39, 0.29) is 11.3 Å². The van der Waals surface area contributed by atoms with Crippen LogP contribution in [0.2, 0.25) is 0 Å². The molecular formula is C12H18BFN2O2. The summed E-state index contributed by atoms with van der Waals surface area (Å²) < 4.78 is 13.8. The van der Waals surface area contributed by atoms with E-state index in [1.54, 1.807) is 12.1 Å². The number of hydrogen-bond acceptors (Lipinski definition) is 4. The number of halogens is 1. The molecule has 0 atom stereocenters. The zero-order valence-electron chi connectivity index (χ0n) is 10.5. The zero-order chi connectivity index (χ0) is 13.1.